The Kier molecular flexibility index (Phi) is 2.30. The van der Waals surface area contributed by atoms with Crippen LogP contribution in [0.1, 0.15) is 59.8 Å². The molecule has 2 aliphatic carbocycles. The van der Waals surface area contributed by atoms with Crippen LogP contribution in [0.15, 0.2) is 0 Å². The van der Waals surface area contributed by atoms with Gasteiger partial charge in [0.2, 0.25) is 0 Å². The Morgan fingerprint density at radius 2 is 1.47 bits per heavy atom. The lowest BCUT2D eigenvalue weighted by Crippen LogP contribution is -2.61. The molecule has 2 heteroatoms. The van der Waals surface area contributed by atoms with E-state index < -0.39 is 0 Å². The van der Waals surface area contributed by atoms with E-state index in [0.717, 1.165) is 6.61 Å². The molecule has 1 aliphatic heterocycles. The van der Waals surface area contributed by atoms with Crippen LogP contribution in [0.4, 0.5) is 0 Å². The zero-order chi connectivity index (χ0) is 12.4. The fourth-order valence-electron chi connectivity index (χ4n) is 4.50. The number of ether oxygens (including phenoxy) is 1. The van der Waals surface area contributed by atoms with Gasteiger partial charge in [-0.15, -0.1) is 0 Å². The van der Waals surface area contributed by atoms with E-state index in [1.807, 2.05) is 0 Å². The SMILES string of the molecule is CC1(C)CC(C)(C)CC2(C1)NCC1(CC1)CO2. The Balaban J connectivity index is 1.77. The molecule has 2 nitrogen and oxygen atoms in total. The summed E-state index contributed by atoms with van der Waals surface area (Å²) in [5.74, 6) is 0. The van der Waals surface area contributed by atoms with E-state index in [1.54, 1.807) is 0 Å². The summed E-state index contributed by atoms with van der Waals surface area (Å²) in [4.78, 5) is 0. The summed E-state index contributed by atoms with van der Waals surface area (Å²) in [6, 6.07) is 0. The van der Waals surface area contributed by atoms with E-state index in [4.69, 9.17) is 4.74 Å². The molecule has 0 unspecified atom stereocenters. The van der Waals surface area contributed by atoms with Crippen LogP contribution in [0.5, 0.6) is 0 Å². The molecule has 2 spiro atoms. The van der Waals surface area contributed by atoms with Gasteiger partial charge >= 0.3 is 0 Å². The molecule has 0 amide bonds. The number of hydrogen-bond acceptors (Lipinski definition) is 2. The first-order valence-electron chi connectivity index (χ1n) is 7.13. The van der Waals surface area contributed by atoms with Crippen molar-refractivity contribution in [2.45, 2.75) is 65.5 Å². The van der Waals surface area contributed by atoms with Gasteiger partial charge < -0.3 is 4.74 Å². The summed E-state index contributed by atoms with van der Waals surface area (Å²) in [7, 11) is 0. The van der Waals surface area contributed by atoms with Crippen LogP contribution in [0.2, 0.25) is 0 Å². The fourth-order valence-corrected chi connectivity index (χ4v) is 4.50. The zero-order valence-corrected chi connectivity index (χ0v) is 11.9. The molecule has 0 aromatic carbocycles. The molecule has 3 rings (SSSR count). The minimum Gasteiger partial charge on any atom is -0.360 e. The maximum Gasteiger partial charge on any atom is 0.120 e. The van der Waals surface area contributed by atoms with Crippen LogP contribution in [0.3, 0.4) is 0 Å². The van der Waals surface area contributed by atoms with Crippen molar-refractivity contribution < 1.29 is 4.74 Å². The molecule has 1 heterocycles. The second-order valence-electron chi connectivity index (χ2n) is 8.50. The van der Waals surface area contributed by atoms with Gasteiger partial charge in [0.1, 0.15) is 5.72 Å². The quantitative estimate of drug-likeness (QED) is 0.698. The summed E-state index contributed by atoms with van der Waals surface area (Å²) in [6.07, 6.45) is 6.36. The maximum atomic E-state index is 6.34. The molecule has 98 valence electrons. The summed E-state index contributed by atoms with van der Waals surface area (Å²) < 4.78 is 6.34. The van der Waals surface area contributed by atoms with Gasteiger partial charge in [-0.2, -0.15) is 0 Å². The second-order valence-corrected chi connectivity index (χ2v) is 8.50. The molecule has 0 atom stereocenters. The molecule has 2 saturated carbocycles. The van der Waals surface area contributed by atoms with Crippen LogP contribution in [0, 0.1) is 16.2 Å². The van der Waals surface area contributed by atoms with Crippen LogP contribution >= 0.6 is 0 Å². The van der Waals surface area contributed by atoms with Crippen LogP contribution < -0.4 is 5.32 Å². The standard InChI is InChI=1S/C15H27NO/c1-12(2)7-13(3,4)9-15(8-12)16-10-14(5-6-14)11-17-15/h16H,5-11H2,1-4H3. The van der Waals surface area contributed by atoms with Crippen molar-refractivity contribution in [1.29, 1.82) is 0 Å². The fraction of sp³-hybridized carbons (Fsp3) is 1.00. The summed E-state index contributed by atoms with van der Waals surface area (Å²) in [6.45, 7) is 11.7. The molecule has 0 aromatic rings. The molecule has 1 N–H and O–H groups in total. The van der Waals surface area contributed by atoms with Crippen molar-refractivity contribution >= 4 is 0 Å². The Bertz CT molecular complexity index is 300. The van der Waals surface area contributed by atoms with Gasteiger partial charge in [0.25, 0.3) is 0 Å². The largest absolute Gasteiger partial charge is 0.360 e. The van der Waals surface area contributed by atoms with Gasteiger partial charge in [0.05, 0.1) is 6.61 Å². The summed E-state index contributed by atoms with van der Waals surface area (Å²) in [5, 5.41) is 3.78. The van der Waals surface area contributed by atoms with E-state index in [0.29, 0.717) is 16.2 Å². The summed E-state index contributed by atoms with van der Waals surface area (Å²) >= 11 is 0. The minimum absolute atomic E-state index is 0.0287. The number of nitrogens with one attached hydrogen (secondary N) is 1. The predicted octanol–water partition coefficient (Wildman–Crippen LogP) is 3.32. The monoisotopic (exact) mass is 237 g/mol. The second kappa shape index (κ2) is 3.27. The van der Waals surface area contributed by atoms with Crippen molar-refractivity contribution in [3.8, 4) is 0 Å². The highest BCUT2D eigenvalue weighted by Gasteiger charge is 2.55. The lowest BCUT2D eigenvalue weighted by molar-refractivity contribution is -0.183. The average Bonchev–Trinajstić information content (AvgIpc) is 2.87. The van der Waals surface area contributed by atoms with E-state index in [2.05, 4.69) is 33.0 Å². The third-order valence-electron chi connectivity index (χ3n) is 4.88. The molecule has 3 aliphatic rings. The predicted molar refractivity (Wildman–Crippen MR) is 69.8 cm³/mol. The van der Waals surface area contributed by atoms with Crippen molar-refractivity contribution in [1.82, 2.24) is 5.32 Å². The molecular formula is C15H27NO. The first kappa shape index (κ1) is 12.0. The maximum absolute atomic E-state index is 6.34. The molecule has 0 bridgehead atoms. The molecule has 17 heavy (non-hydrogen) atoms. The Labute approximate surface area is 105 Å². The minimum atomic E-state index is -0.0287. The van der Waals surface area contributed by atoms with Crippen LogP contribution in [-0.4, -0.2) is 18.9 Å². The Morgan fingerprint density at radius 3 is 1.88 bits per heavy atom. The van der Waals surface area contributed by atoms with Gasteiger partial charge in [0.15, 0.2) is 0 Å². The van der Waals surface area contributed by atoms with Gasteiger partial charge in [-0.3, -0.25) is 5.32 Å². The Morgan fingerprint density at radius 1 is 0.882 bits per heavy atom. The number of rotatable bonds is 0. The lowest BCUT2D eigenvalue weighted by Gasteiger charge is -2.54. The highest BCUT2D eigenvalue weighted by Crippen LogP contribution is 2.55. The first-order valence-corrected chi connectivity index (χ1v) is 7.13. The first-order chi connectivity index (χ1) is 7.74. The molecule has 1 saturated heterocycles. The molecule has 3 fully saturated rings. The van der Waals surface area contributed by atoms with Crippen molar-refractivity contribution in [3.63, 3.8) is 0 Å². The number of hydrogen-bond donors (Lipinski definition) is 1. The highest BCUT2D eigenvalue weighted by atomic mass is 16.5. The van der Waals surface area contributed by atoms with E-state index >= 15 is 0 Å². The van der Waals surface area contributed by atoms with Crippen LogP contribution in [0.25, 0.3) is 0 Å². The van der Waals surface area contributed by atoms with Crippen molar-refractivity contribution in [2.24, 2.45) is 16.2 Å². The normalized spacial score (nSPS) is 36.0. The smallest absolute Gasteiger partial charge is 0.120 e. The van der Waals surface area contributed by atoms with E-state index in [9.17, 15) is 0 Å². The van der Waals surface area contributed by atoms with E-state index in [1.165, 1.54) is 38.6 Å². The lowest BCUT2D eigenvalue weighted by atomic mass is 9.61. The highest BCUT2D eigenvalue weighted by molar-refractivity contribution is 5.05. The third kappa shape index (κ3) is 2.26. The van der Waals surface area contributed by atoms with Gasteiger partial charge in [-0.05, 0) is 42.9 Å². The van der Waals surface area contributed by atoms with Gasteiger partial charge in [-0.25, -0.2) is 0 Å². The topological polar surface area (TPSA) is 21.3 Å². The third-order valence-corrected chi connectivity index (χ3v) is 4.88. The van der Waals surface area contributed by atoms with E-state index in [-0.39, 0.29) is 5.72 Å². The summed E-state index contributed by atoms with van der Waals surface area (Å²) in [5.41, 5.74) is 1.28. The van der Waals surface area contributed by atoms with Gasteiger partial charge in [0, 0.05) is 12.0 Å². The zero-order valence-electron chi connectivity index (χ0n) is 11.9. The van der Waals surface area contributed by atoms with Crippen molar-refractivity contribution in [2.75, 3.05) is 13.2 Å². The van der Waals surface area contributed by atoms with Gasteiger partial charge in [-0.1, -0.05) is 27.7 Å². The Hall–Kier alpha value is -0.0800. The molecule has 0 radical (unpaired) electrons. The average molecular weight is 237 g/mol. The molecule has 0 aromatic heterocycles. The molecular weight excluding hydrogens is 210 g/mol. The van der Waals surface area contributed by atoms with Crippen molar-refractivity contribution in [3.05, 3.63) is 0 Å². The van der Waals surface area contributed by atoms with Crippen LogP contribution in [-0.2, 0) is 4.74 Å².